The lowest BCUT2D eigenvalue weighted by atomic mass is 10.1. The van der Waals surface area contributed by atoms with Crippen LogP contribution in [0.4, 0.5) is 10.1 Å². The van der Waals surface area contributed by atoms with Gasteiger partial charge in [0.05, 0.1) is 34.5 Å². The van der Waals surface area contributed by atoms with Gasteiger partial charge in [0.15, 0.2) is 0 Å². The number of pyridine rings is 3. The summed E-state index contributed by atoms with van der Waals surface area (Å²) in [5.74, 6) is -0.961. The van der Waals surface area contributed by atoms with Crippen LogP contribution < -0.4 is 5.32 Å². The molecule has 4 N–H and O–H groups in total. The summed E-state index contributed by atoms with van der Waals surface area (Å²) in [6.45, 7) is 0. The number of anilines is 1. The molecule has 9 nitrogen and oxygen atoms in total. The Hall–Kier alpha value is -5.90. The number of rotatable bonds is 5. The van der Waals surface area contributed by atoms with E-state index in [1.807, 2.05) is 48.5 Å². The first kappa shape index (κ1) is 24.2. The first-order valence-corrected chi connectivity index (χ1v) is 12.7. The molecule has 5 aromatic heterocycles. The molecule has 0 aliphatic rings. The van der Waals surface area contributed by atoms with Crippen molar-refractivity contribution >= 4 is 33.5 Å². The van der Waals surface area contributed by atoms with Crippen molar-refractivity contribution in [3.05, 3.63) is 109 Å². The van der Waals surface area contributed by atoms with Crippen LogP contribution in [-0.2, 0) is 0 Å². The van der Waals surface area contributed by atoms with Crippen molar-refractivity contribution in [3.8, 4) is 39.7 Å². The molecule has 0 unspecified atom stereocenters. The monoisotopic (exact) mass is 541 g/mol. The molecule has 2 aromatic carbocycles. The van der Waals surface area contributed by atoms with Gasteiger partial charge >= 0.3 is 0 Å². The van der Waals surface area contributed by atoms with Gasteiger partial charge in [-0.3, -0.25) is 19.9 Å². The molecular formula is C31H20FN7O2. The Morgan fingerprint density at radius 2 is 1.76 bits per heavy atom. The number of nitrogens with one attached hydrogen (secondary N) is 3. The van der Waals surface area contributed by atoms with Crippen LogP contribution in [0.2, 0.25) is 0 Å². The molecule has 7 rings (SSSR count). The molecule has 0 radical (unpaired) electrons. The lowest BCUT2D eigenvalue weighted by Crippen LogP contribution is -2.11. The Kier molecular flexibility index (Phi) is 5.71. The fourth-order valence-corrected chi connectivity index (χ4v) is 4.81. The number of carbonyl (C=O) groups is 1. The third-order valence-electron chi connectivity index (χ3n) is 6.69. The van der Waals surface area contributed by atoms with Crippen molar-refractivity contribution in [2.45, 2.75) is 0 Å². The largest absolute Gasteiger partial charge is 0.508 e. The van der Waals surface area contributed by atoms with Crippen LogP contribution in [-0.4, -0.2) is 41.1 Å². The zero-order chi connectivity index (χ0) is 27.9. The molecule has 0 aliphatic heterocycles. The predicted octanol–water partition coefficient (Wildman–Crippen LogP) is 6.33. The minimum atomic E-state index is -0.553. The summed E-state index contributed by atoms with van der Waals surface area (Å²) in [5, 5.41) is 21.1. The minimum absolute atomic E-state index is 0.178. The molecule has 0 bridgehead atoms. The third kappa shape index (κ3) is 4.53. The van der Waals surface area contributed by atoms with Gasteiger partial charge in [0.2, 0.25) is 0 Å². The smallest absolute Gasteiger partial charge is 0.255 e. The molecule has 10 heteroatoms. The Morgan fingerprint density at radius 1 is 0.878 bits per heavy atom. The molecule has 0 atom stereocenters. The van der Waals surface area contributed by atoms with Gasteiger partial charge in [-0.25, -0.2) is 9.37 Å². The Labute approximate surface area is 231 Å². The van der Waals surface area contributed by atoms with Crippen molar-refractivity contribution in [3.63, 3.8) is 0 Å². The highest BCUT2D eigenvalue weighted by molar-refractivity contribution is 6.04. The Morgan fingerprint density at radius 3 is 2.61 bits per heavy atom. The molecule has 0 spiro atoms. The number of phenols is 1. The van der Waals surface area contributed by atoms with Gasteiger partial charge in [-0.15, -0.1) is 0 Å². The van der Waals surface area contributed by atoms with E-state index in [1.54, 1.807) is 30.7 Å². The second-order valence-corrected chi connectivity index (χ2v) is 9.45. The van der Waals surface area contributed by atoms with E-state index < -0.39 is 5.82 Å². The number of halogens is 1. The number of aromatic amines is 2. The van der Waals surface area contributed by atoms with Crippen LogP contribution in [0, 0.1) is 5.82 Å². The highest BCUT2D eigenvalue weighted by Crippen LogP contribution is 2.34. The summed E-state index contributed by atoms with van der Waals surface area (Å²) in [6, 6.07) is 22.1. The fraction of sp³-hybridized carbons (Fsp3) is 0. The van der Waals surface area contributed by atoms with Gasteiger partial charge < -0.3 is 15.4 Å². The number of benzene rings is 2. The number of phenolic OH excluding ortho intramolecular Hbond substituents is 1. The summed E-state index contributed by atoms with van der Waals surface area (Å²) >= 11 is 0. The van der Waals surface area contributed by atoms with Gasteiger partial charge in [0.1, 0.15) is 22.8 Å². The van der Waals surface area contributed by atoms with Gasteiger partial charge in [-0.2, -0.15) is 5.10 Å². The van der Waals surface area contributed by atoms with Crippen LogP contribution in [0.1, 0.15) is 10.4 Å². The number of hydrogen-bond acceptors (Lipinski definition) is 6. The molecule has 41 heavy (non-hydrogen) atoms. The standard InChI is InChI=1S/C31H20FN7O2/c32-20-10-18(12-22(40)13-20)28-23-14-27(36-25(23)8-9-34-28)30-29-26(38-39-30)7-6-24(37-29)19-11-21(16-33-15-19)35-31(41)17-4-2-1-3-5-17/h1-16,36,40H,(H,35,41)(H,38,39). The van der Waals surface area contributed by atoms with Crippen molar-refractivity contribution in [2.24, 2.45) is 0 Å². The van der Waals surface area contributed by atoms with Crippen molar-refractivity contribution in [1.29, 1.82) is 0 Å². The maximum atomic E-state index is 14.0. The van der Waals surface area contributed by atoms with Crippen LogP contribution in [0.25, 0.3) is 55.8 Å². The molecule has 5 heterocycles. The van der Waals surface area contributed by atoms with Gasteiger partial charge in [-0.1, -0.05) is 18.2 Å². The summed E-state index contributed by atoms with van der Waals surface area (Å²) in [5.41, 5.74) is 6.86. The number of aromatic nitrogens is 6. The van der Waals surface area contributed by atoms with E-state index in [0.29, 0.717) is 45.1 Å². The molecule has 0 saturated heterocycles. The SMILES string of the molecule is O=C(Nc1cncc(-c2ccc3[nH]nc(-c4cc5c(-c6cc(O)cc(F)c6)nccc5[nH]4)c3n2)c1)c1ccccc1. The third-order valence-corrected chi connectivity index (χ3v) is 6.69. The summed E-state index contributed by atoms with van der Waals surface area (Å²) in [7, 11) is 0. The first-order valence-electron chi connectivity index (χ1n) is 12.7. The summed E-state index contributed by atoms with van der Waals surface area (Å²) < 4.78 is 14.0. The number of hydrogen-bond donors (Lipinski definition) is 4. The Bertz CT molecular complexity index is 2070. The maximum Gasteiger partial charge on any atom is 0.255 e. The van der Waals surface area contributed by atoms with E-state index in [1.165, 1.54) is 12.1 Å². The van der Waals surface area contributed by atoms with E-state index in [2.05, 4.69) is 30.5 Å². The minimum Gasteiger partial charge on any atom is -0.508 e. The molecule has 0 aliphatic carbocycles. The molecule has 1 amide bonds. The average Bonchev–Trinajstić information content (AvgIpc) is 3.61. The van der Waals surface area contributed by atoms with E-state index in [-0.39, 0.29) is 11.7 Å². The zero-order valence-electron chi connectivity index (χ0n) is 21.3. The highest BCUT2D eigenvalue weighted by atomic mass is 19.1. The van der Waals surface area contributed by atoms with Gasteiger partial charge in [0.25, 0.3) is 5.91 Å². The molecule has 198 valence electrons. The number of nitrogens with zero attached hydrogens (tertiary/aromatic N) is 4. The lowest BCUT2D eigenvalue weighted by molar-refractivity contribution is 0.102. The van der Waals surface area contributed by atoms with E-state index in [9.17, 15) is 14.3 Å². The fourth-order valence-electron chi connectivity index (χ4n) is 4.81. The number of aromatic hydroxyl groups is 1. The number of amides is 1. The van der Waals surface area contributed by atoms with Gasteiger partial charge in [0, 0.05) is 46.1 Å². The molecular weight excluding hydrogens is 521 g/mol. The van der Waals surface area contributed by atoms with Gasteiger partial charge in [-0.05, 0) is 54.6 Å². The number of fused-ring (bicyclic) bond motifs is 2. The normalized spacial score (nSPS) is 11.2. The topological polar surface area (TPSA) is 132 Å². The van der Waals surface area contributed by atoms with Crippen LogP contribution in [0.15, 0.2) is 97.5 Å². The van der Waals surface area contributed by atoms with Crippen molar-refractivity contribution in [1.82, 2.24) is 30.1 Å². The van der Waals surface area contributed by atoms with Crippen LogP contribution in [0.5, 0.6) is 5.75 Å². The Balaban J connectivity index is 1.25. The van der Waals surface area contributed by atoms with E-state index in [0.717, 1.165) is 28.0 Å². The molecule has 0 saturated carbocycles. The summed E-state index contributed by atoms with van der Waals surface area (Å²) in [4.78, 5) is 29.6. The second kappa shape index (κ2) is 9.69. The zero-order valence-corrected chi connectivity index (χ0v) is 21.3. The van der Waals surface area contributed by atoms with E-state index >= 15 is 0 Å². The summed E-state index contributed by atoms with van der Waals surface area (Å²) in [6.07, 6.45) is 4.89. The quantitative estimate of drug-likeness (QED) is 0.201. The first-order chi connectivity index (χ1) is 20.0. The number of H-pyrrole nitrogens is 2. The van der Waals surface area contributed by atoms with Crippen molar-refractivity contribution in [2.75, 3.05) is 5.32 Å². The predicted molar refractivity (Wildman–Crippen MR) is 154 cm³/mol. The van der Waals surface area contributed by atoms with Crippen LogP contribution >= 0.6 is 0 Å². The molecule has 0 fully saturated rings. The highest BCUT2D eigenvalue weighted by Gasteiger charge is 2.17. The second-order valence-electron chi connectivity index (χ2n) is 9.45. The number of carbonyl (C=O) groups excluding carboxylic acids is 1. The maximum absolute atomic E-state index is 14.0. The molecule has 7 aromatic rings. The average molecular weight is 542 g/mol. The lowest BCUT2D eigenvalue weighted by Gasteiger charge is -2.07. The van der Waals surface area contributed by atoms with Crippen LogP contribution in [0.3, 0.4) is 0 Å². The van der Waals surface area contributed by atoms with E-state index in [4.69, 9.17) is 4.98 Å². The van der Waals surface area contributed by atoms with Crippen molar-refractivity contribution < 1.29 is 14.3 Å².